The van der Waals surface area contributed by atoms with E-state index in [4.69, 9.17) is 5.26 Å². The van der Waals surface area contributed by atoms with Gasteiger partial charge < -0.3 is 4.74 Å². The molecule has 3 nitrogen and oxygen atoms in total. The Bertz CT molecular complexity index is 1490. The normalized spacial score (nSPS) is 11.6. The van der Waals surface area contributed by atoms with Crippen LogP contribution < -0.4 is 31.8 Å². The minimum absolute atomic E-state index is 0. The van der Waals surface area contributed by atoms with Crippen molar-refractivity contribution in [2.45, 2.75) is 13.8 Å². The Morgan fingerprint density at radius 3 is 0.849 bits per heavy atom. The number of hydrogen-bond donors (Lipinski definition) is 0. The predicted molar refractivity (Wildman–Crippen MR) is 222 cm³/mol. The summed E-state index contributed by atoms with van der Waals surface area (Å²) < 4.78 is 4.50. The van der Waals surface area contributed by atoms with E-state index in [1.807, 2.05) is 32.1 Å². The zero-order valence-corrected chi connectivity index (χ0v) is 33.5. The van der Waals surface area contributed by atoms with E-state index in [9.17, 15) is 5.11 Å². The summed E-state index contributed by atoms with van der Waals surface area (Å²) in [4.78, 5) is 0. The summed E-state index contributed by atoms with van der Waals surface area (Å²) in [7, 11) is -0.892. The van der Waals surface area contributed by atoms with E-state index in [1.165, 1.54) is 38.8 Å². The number of nitrogens with zero attached hydrogens (tertiary/aromatic N) is 1. The first kappa shape index (κ1) is 43.6. The number of nitriles is 1. The zero-order chi connectivity index (χ0) is 36.6. The fraction of sp³-hybridized carbons (Fsp3) is 0.0638. The van der Waals surface area contributed by atoms with Gasteiger partial charge in [-0.15, -0.1) is 0 Å². The SMILES string of the molecule is CCO[C]([O])[C](C)C#N.[CH]1[CH][CH][CH][CH]1.[Ru+2].c1ccc(P(c2ccccc2)c2ccccc2)cc1.c1ccc(P(c2ccccc2)c2ccccc2)cc1. The van der Waals surface area contributed by atoms with Crippen molar-refractivity contribution in [2.75, 3.05) is 6.61 Å². The van der Waals surface area contributed by atoms with Crippen molar-refractivity contribution in [3.63, 3.8) is 0 Å². The van der Waals surface area contributed by atoms with Crippen LogP contribution in [0.15, 0.2) is 182 Å². The van der Waals surface area contributed by atoms with E-state index in [-0.39, 0.29) is 25.4 Å². The van der Waals surface area contributed by atoms with E-state index in [1.54, 1.807) is 13.0 Å². The summed E-state index contributed by atoms with van der Waals surface area (Å²) in [5, 5.41) is 27.0. The van der Waals surface area contributed by atoms with Crippen LogP contribution in [0, 0.1) is 55.6 Å². The van der Waals surface area contributed by atoms with Gasteiger partial charge in [0, 0.05) is 6.61 Å². The molecule has 1 fully saturated rings. The van der Waals surface area contributed by atoms with Gasteiger partial charge in [0.05, 0.1) is 6.07 Å². The van der Waals surface area contributed by atoms with Gasteiger partial charge in [-0.3, -0.25) is 0 Å². The first-order chi connectivity index (χ1) is 25.6. The molecular formula is C47H43NO2P2Ru+2. The van der Waals surface area contributed by atoms with Crippen LogP contribution in [-0.4, -0.2) is 6.61 Å². The van der Waals surface area contributed by atoms with Crippen molar-refractivity contribution in [1.82, 2.24) is 0 Å². The molecule has 6 aromatic carbocycles. The Balaban J connectivity index is 0.000000209. The summed E-state index contributed by atoms with van der Waals surface area (Å²) in [5.74, 6) is 0.0943. The predicted octanol–water partition coefficient (Wildman–Crippen LogP) is 8.97. The topological polar surface area (TPSA) is 52.9 Å². The van der Waals surface area contributed by atoms with Crippen LogP contribution in [0.5, 0.6) is 0 Å². The largest absolute Gasteiger partial charge is 2.00 e. The van der Waals surface area contributed by atoms with E-state index < -0.39 is 22.1 Å². The maximum Gasteiger partial charge on any atom is 2.00 e. The third-order valence-electron chi connectivity index (χ3n) is 7.39. The minimum Gasteiger partial charge on any atom is -0.342 e. The van der Waals surface area contributed by atoms with Crippen molar-refractivity contribution in [3.8, 4) is 6.07 Å². The Hall–Kier alpha value is -3.79. The molecule has 0 unspecified atom stereocenters. The quantitative estimate of drug-likeness (QED) is 0.108. The van der Waals surface area contributed by atoms with Gasteiger partial charge in [0.15, 0.2) is 0 Å². The number of hydrogen-bond acceptors (Lipinski definition) is 2. The van der Waals surface area contributed by atoms with Gasteiger partial charge in [0.1, 0.15) is 5.92 Å². The van der Waals surface area contributed by atoms with E-state index in [0.29, 0.717) is 6.61 Å². The third-order valence-corrected chi connectivity index (χ3v) is 12.3. The molecule has 0 amide bonds. The third kappa shape index (κ3) is 15.2. The number of ether oxygens (including phenoxy) is 1. The first-order valence-electron chi connectivity index (χ1n) is 17.1. The smallest absolute Gasteiger partial charge is 0.342 e. The fourth-order valence-electron chi connectivity index (χ4n) is 4.96. The second-order valence-corrected chi connectivity index (χ2v) is 15.5. The van der Waals surface area contributed by atoms with Gasteiger partial charge in [-0.1, -0.05) is 182 Å². The van der Waals surface area contributed by atoms with E-state index in [2.05, 4.69) is 187 Å². The molecule has 1 saturated carbocycles. The van der Waals surface area contributed by atoms with Crippen molar-refractivity contribution < 1.29 is 29.3 Å². The molecular weight excluding hydrogens is 774 g/mol. The van der Waals surface area contributed by atoms with Crippen LogP contribution in [-0.2, 0) is 29.3 Å². The molecule has 0 aromatic heterocycles. The Morgan fingerprint density at radius 1 is 0.472 bits per heavy atom. The van der Waals surface area contributed by atoms with Crippen LogP contribution in [0.25, 0.3) is 0 Å². The molecule has 0 bridgehead atoms. The molecule has 7 rings (SSSR count). The summed E-state index contributed by atoms with van der Waals surface area (Å²) in [6.45, 7) is 3.44. The van der Waals surface area contributed by atoms with Crippen LogP contribution in [0.3, 0.4) is 0 Å². The summed E-state index contributed by atoms with van der Waals surface area (Å²) in [6.07, 6.45) is 9.47. The average Bonchev–Trinajstić information content (AvgIpc) is 3.82. The van der Waals surface area contributed by atoms with Crippen LogP contribution >= 0.6 is 15.8 Å². The van der Waals surface area contributed by atoms with E-state index in [0.717, 1.165) is 0 Å². The van der Waals surface area contributed by atoms with Crippen molar-refractivity contribution >= 4 is 47.7 Å². The van der Waals surface area contributed by atoms with Gasteiger partial charge in [-0.25, -0.2) is 0 Å². The number of rotatable bonds is 9. The fourth-order valence-corrected chi connectivity index (χ4v) is 9.57. The molecule has 1 aliphatic carbocycles. The van der Waals surface area contributed by atoms with Crippen LogP contribution in [0.2, 0.25) is 0 Å². The molecule has 0 heterocycles. The molecule has 53 heavy (non-hydrogen) atoms. The van der Waals surface area contributed by atoms with Gasteiger partial charge in [0.25, 0.3) is 6.29 Å². The Kier molecular flexibility index (Phi) is 21.4. The van der Waals surface area contributed by atoms with Crippen molar-refractivity contribution in [2.24, 2.45) is 0 Å². The molecule has 264 valence electrons. The van der Waals surface area contributed by atoms with Gasteiger partial charge >= 0.3 is 19.5 Å². The maximum absolute atomic E-state index is 10.5. The molecule has 0 spiro atoms. The molecule has 6 heteroatoms. The van der Waals surface area contributed by atoms with E-state index >= 15 is 0 Å². The molecule has 0 atom stereocenters. The second-order valence-electron chi connectivity index (χ2n) is 11.1. The molecule has 0 N–H and O–H groups in total. The molecule has 0 saturated heterocycles. The first-order valence-corrected chi connectivity index (χ1v) is 19.8. The van der Waals surface area contributed by atoms with Crippen molar-refractivity contribution in [3.05, 3.63) is 226 Å². The maximum atomic E-state index is 10.5. The van der Waals surface area contributed by atoms with Crippen molar-refractivity contribution in [1.29, 1.82) is 5.26 Å². The number of benzene rings is 6. The summed E-state index contributed by atoms with van der Waals surface area (Å²) in [6, 6.07) is 66.3. The average molecular weight is 817 g/mol. The Morgan fingerprint density at radius 2 is 0.679 bits per heavy atom. The standard InChI is InChI=1S/2C18H15P.C6H8NO2.C5H5.Ru/c2*1-4-10-16(11-5-1)19(17-12-6-2-7-13-17)18-14-8-3-9-15-18;1-3-9-6(8)5(2)4-7;1-2-4-5-3-1;/h2*1-15H;3H2,1-2H3;1-5H;/q;;;;+2. The molecule has 1 aliphatic rings. The minimum atomic E-state index is -0.528. The monoisotopic (exact) mass is 817 g/mol. The Labute approximate surface area is 333 Å². The van der Waals surface area contributed by atoms with Gasteiger partial charge in [-0.05, 0) is 93.6 Å². The van der Waals surface area contributed by atoms with Gasteiger partial charge in [-0.2, -0.15) is 10.4 Å². The zero-order valence-electron chi connectivity index (χ0n) is 29.9. The summed E-state index contributed by atoms with van der Waals surface area (Å²) in [5.41, 5.74) is 0. The molecule has 6 aromatic rings. The molecule has 8 radical (unpaired) electrons. The summed E-state index contributed by atoms with van der Waals surface area (Å²) >= 11 is 0. The molecule has 0 aliphatic heterocycles. The van der Waals surface area contributed by atoms with Crippen LogP contribution in [0.4, 0.5) is 0 Å². The van der Waals surface area contributed by atoms with Crippen LogP contribution in [0.1, 0.15) is 13.8 Å². The van der Waals surface area contributed by atoms with Gasteiger partial charge in [0.2, 0.25) is 0 Å². The second kappa shape index (κ2) is 26.1.